The molecule has 0 bridgehead atoms. The summed E-state index contributed by atoms with van der Waals surface area (Å²) in [4.78, 5) is 33.9. The largest absolute Gasteiger partial charge is 0.452 e. The molecule has 0 saturated heterocycles. The molecule has 0 aliphatic heterocycles. The van der Waals surface area contributed by atoms with E-state index < -0.39 is 24.3 Å². The van der Waals surface area contributed by atoms with Crippen LogP contribution in [0.1, 0.15) is 12.5 Å². The van der Waals surface area contributed by atoms with Gasteiger partial charge in [0.05, 0.1) is 6.54 Å². The monoisotopic (exact) mass is 386 g/mol. The summed E-state index contributed by atoms with van der Waals surface area (Å²) in [5.41, 5.74) is 0.206. The number of nitrogens with one attached hydrogen (secondary N) is 2. The molecule has 124 valence electrons. The van der Waals surface area contributed by atoms with Crippen molar-refractivity contribution in [1.29, 1.82) is 0 Å². The van der Waals surface area contributed by atoms with Gasteiger partial charge in [-0.15, -0.1) is 0 Å². The standard InChI is InChI=1S/C15H16BrFN2O4/c1-2-18-13(20)8-19-14(21)9-23-15(22)6-3-10-7-11(16)4-5-12(10)17/h3-7H,2,8-9H2,1H3,(H,18,20)(H,19,21)/b6-3+. The molecule has 0 fully saturated rings. The van der Waals surface area contributed by atoms with Crippen LogP contribution in [0.3, 0.4) is 0 Å². The zero-order valence-corrected chi connectivity index (χ0v) is 14.0. The fourth-order valence-corrected chi connectivity index (χ4v) is 1.85. The van der Waals surface area contributed by atoms with Gasteiger partial charge >= 0.3 is 5.97 Å². The molecule has 0 unspecified atom stereocenters. The number of amides is 2. The van der Waals surface area contributed by atoms with Gasteiger partial charge in [-0.2, -0.15) is 0 Å². The van der Waals surface area contributed by atoms with Crippen LogP contribution in [0.25, 0.3) is 6.08 Å². The molecule has 1 rings (SSSR count). The summed E-state index contributed by atoms with van der Waals surface area (Å²) < 4.78 is 18.8. The maximum atomic E-state index is 13.4. The Kier molecular flexibility index (Phi) is 7.96. The fraction of sp³-hybridized carbons (Fsp3) is 0.267. The van der Waals surface area contributed by atoms with Gasteiger partial charge in [-0.1, -0.05) is 15.9 Å². The van der Waals surface area contributed by atoms with Gasteiger partial charge in [-0.25, -0.2) is 9.18 Å². The van der Waals surface area contributed by atoms with Crippen LogP contribution in [0.5, 0.6) is 0 Å². The second-order valence-electron chi connectivity index (χ2n) is 4.34. The van der Waals surface area contributed by atoms with E-state index in [4.69, 9.17) is 0 Å². The van der Waals surface area contributed by atoms with Crippen molar-refractivity contribution in [2.75, 3.05) is 19.7 Å². The molecule has 1 aromatic carbocycles. The molecule has 0 aliphatic carbocycles. The van der Waals surface area contributed by atoms with Crippen LogP contribution in [-0.2, 0) is 19.1 Å². The van der Waals surface area contributed by atoms with E-state index in [2.05, 4.69) is 31.3 Å². The van der Waals surface area contributed by atoms with Gasteiger partial charge < -0.3 is 15.4 Å². The van der Waals surface area contributed by atoms with Crippen molar-refractivity contribution < 1.29 is 23.5 Å². The Labute approximate surface area is 141 Å². The molecule has 0 heterocycles. The van der Waals surface area contributed by atoms with Crippen molar-refractivity contribution in [2.24, 2.45) is 0 Å². The molecule has 2 amide bonds. The van der Waals surface area contributed by atoms with Crippen LogP contribution in [0.15, 0.2) is 28.7 Å². The molecule has 0 radical (unpaired) electrons. The van der Waals surface area contributed by atoms with Crippen LogP contribution in [0.2, 0.25) is 0 Å². The summed E-state index contributed by atoms with van der Waals surface area (Å²) in [5.74, 6) is -2.22. The Hall–Kier alpha value is -2.22. The summed E-state index contributed by atoms with van der Waals surface area (Å²) in [6.07, 6.45) is 2.26. The Morgan fingerprint density at radius 1 is 1.26 bits per heavy atom. The fourth-order valence-electron chi connectivity index (χ4n) is 1.47. The van der Waals surface area contributed by atoms with Crippen LogP contribution in [-0.4, -0.2) is 37.5 Å². The van der Waals surface area contributed by atoms with Gasteiger partial charge in [-0.3, -0.25) is 9.59 Å². The second-order valence-corrected chi connectivity index (χ2v) is 5.25. The van der Waals surface area contributed by atoms with E-state index in [9.17, 15) is 18.8 Å². The summed E-state index contributed by atoms with van der Waals surface area (Å²) in [7, 11) is 0. The number of carbonyl (C=O) groups excluding carboxylic acids is 3. The van der Waals surface area contributed by atoms with E-state index in [1.54, 1.807) is 6.92 Å². The highest BCUT2D eigenvalue weighted by Crippen LogP contribution is 2.16. The molecule has 0 atom stereocenters. The minimum atomic E-state index is -0.794. The highest BCUT2D eigenvalue weighted by molar-refractivity contribution is 9.10. The Bertz CT molecular complexity index is 619. The topological polar surface area (TPSA) is 84.5 Å². The smallest absolute Gasteiger partial charge is 0.331 e. The molecule has 6 nitrogen and oxygen atoms in total. The summed E-state index contributed by atoms with van der Waals surface area (Å²) in [5, 5.41) is 4.80. The summed E-state index contributed by atoms with van der Waals surface area (Å²) in [6.45, 7) is 1.50. The van der Waals surface area contributed by atoms with Crippen LogP contribution in [0.4, 0.5) is 4.39 Å². The third-order valence-corrected chi connectivity index (χ3v) is 3.02. The number of hydrogen-bond acceptors (Lipinski definition) is 4. The lowest BCUT2D eigenvalue weighted by molar-refractivity contribution is -0.143. The lowest BCUT2D eigenvalue weighted by atomic mass is 10.2. The molecule has 23 heavy (non-hydrogen) atoms. The minimum Gasteiger partial charge on any atom is -0.452 e. The van der Waals surface area contributed by atoms with E-state index in [-0.39, 0.29) is 18.0 Å². The van der Waals surface area contributed by atoms with Crippen molar-refractivity contribution in [1.82, 2.24) is 10.6 Å². The Balaban J connectivity index is 2.39. The Morgan fingerprint density at radius 3 is 2.70 bits per heavy atom. The SMILES string of the molecule is CCNC(=O)CNC(=O)COC(=O)/C=C/c1cc(Br)ccc1F. The maximum absolute atomic E-state index is 13.4. The molecule has 2 N–H and O–H groups in total. The molecule has 0 saturated carbocycles. The molecule has 8 heteroatoms. The number of halogens is 2. The zero-order chi connectivity index (χ0) is 17.2. The van der Waals surface area contributed by atoms with Crippen molar-refractivity contribution in [2.45, 2.75) is 6.92 Å². The third-order valence-electron chi connectivity index (χ3n) is 2.52. The van der Waals surface area contributed by atoms with Gasteiger partial charge in [0.2, 0.25) is 5.91 Å². The number of hydrogen-bond donors (Lipinski definition) is 2. The van der Waals surface area contributed by atoms with Gasteiger partial charge in [0.25, 0.3) is 5.91 Å². The number of benzene rings is 1. The van der Waals surface area contributed by atoms with E-state index in [0.29, 0.717) is 11.0 Å². The molecule has 0 aromatic heterocycles. The first-order chi connectivity index (χ1) is 10.9. The van der Waals surface area contributed by atoms with Crippen LogP contribution < -0.4 is 10.6 Å². The first-order valence-corrected chi connectivity index (χ1v) is 7.55. The maximum Gasteiger partial charge on any atom is 0.331 e. The molecule has 0 aliphatic rings. The van der Waals surface area contributed by atoms with E-state index in [1.807, 2.05) is 0 Å². The molecule has 1 aromatic rings. The number of rotatable bonds is 7. The lowest BCUT2D eigenvalue weighted by Gasteiger charge is -2.05. The average molecular weight is 387 g/mol. The number of ether oxygens (including phenoxy) is 1. The predicted octanol–water partition coefficient (Wildman–Crippen LogP) is 1.40. The predicted molar refractivity (Wildman–Crippen MR) is 85.8 cm³/mol. The highest BCUT2D eigenvalue weighted by atomic mass is 79.9. The van der Waals surface area contributed by atoms with Crippen molar-refractivity contribution in [3.63, 3.8) is 0 Å². The highest BCUT2D eigenvalue weighted by Gasteiger charge is 2.07. The summed E-state index contributed by atoms with van der Waals surface area (Å²) >= 11 is 3.19. The quantitative estimate of drug-likeness (QED) is 0.547. The van der Waals surface area contributed by atoms with Crippen LogP contribution >= 0.6 is 15.9 Å². The van der Waals surface area contributed by atoms with Crippen molar-refractivity contribution in [3.05, 3.63) is 40.1 Å². The lowest BCUT2D eigenvalue weighted by Crippen LogP contribution is -2.38. The summed E-state index contributed by atoms with van der Waals surface area (Å²) in [6, 6.07) is 4.28. The zero-order valence-electron chi connectivity index (χ0n) is 12.4. The van der Waals surface area contributed by atoms with E-state index in [1.165, 1.54) is 24.3 Å². The first-order valence-electron chi connectivity index (χ1n) is 6.75. The molecule has 0 spiro atoms. The molecular weight excluding hydrogens is 371 g/mol. The number of esters is 1. The van der Waals surface area contributed by atoms with Gasteiger partial charge in [0.15, 0.2) is 6.61 Å². The number of carbonyl (C=O) groups is 3. The van der Waals surface area contributed by atoms with Crippen LogP contribution in [0, 0.1) is 5.82 Å². The Morgan fingerprint density at radius 2 is 2.00 bits per heavy atom. The van der Waals surface area contributed by atoms with Crippen molar-refractivity contribution >= 4 is 39.8 Å². The van der Waals surface area contributed by atoms with Gasteiger partial charge in [0, 0.05) is 22.7 Å². The number of likely N-dealkylation sites (N-methyl/N-ethyl adjacent to an activating group) is 1. The van der Waals surface area contributed by atoms with Gasteiger partial charge in [0.1, 0.15) is 5.82 Å². The van der Waals surface area contributed by atoms with Gasteiger partial charge in [-0.05, 0) is 31.2 Å². The second kappa shape index (κ2) is 9.73. The van der Waals surface area contributed by atoms with Crippen molar-refractivity contribution in [3.8, 4) is 0 Å². The van der Waals surface area contributed by atoms with E-state index >= 15 is 0 Å². The average Bonchev–Trinajstić information content (AvgIpc) is 2.52. The first kappa shape index (κ1) is 18.8. The molecular formula is C15H16BrFN2O4. The van der Waals surface area contributed by atoms with E-state index in [0.717, 1.165) is 6.08 Å². The third kappa shape index (κ3) is 7.55. The normalized spacial score (nSPS) is 10.4. The minimum absolute atomic E-state index is 0.191.